The Hall–Kier alpha value is -1.05. The maximum atomic E-state index is 8.87. The highest BCUT2D eigenvalue weighted by atomic mass is 79.9. The van der Waals surface area contributed by atoms with Gasteiger partial charge in [-0.05, 0) is 24.6 Å². The van der Waals surface area contributed by atoms with Crippen LogP contribution >= 0.6 is 15.9 Å². The highest BCUT2D eigenvalue weighted by Crippen LogP contribution is 2.27. The lowest BCUT2D eigenvalue weighted by Crippen LogP contribution is -2.13. The van der Waals surface area contributed by atoms with Gasteiger partial charge in [-0.25, -0.2) is 0 Å². The van der Waals surface area contributed by atoms with E-state index in [4.69, 9.17) is 11.0 Å². The van der Waals surface area contributed by atoms with E-state index >= 15 is 0 Å². The van der Waals surface area contributed by atoms with E-state index < -0.39 is 0 Å². The van der Waals surface area contributed by atoms with Gasteiger partial charge in [0.2, 0.25) is 0 Å². The third-order valence-electron chi connectivity index (χ3n) is 2.28. The van der Waals surface area contributed by atoms with E-state index in [2.05, 4.69) is 27.3 Å². The number of nitrogens with one attached hydrogen (secondary N) is 1. The van der Waals surface area contributed by atoms with E-state index in [1.807, 2.05) is 12.1 Å². The van der Waals surface area contributed by atoms with E-state index in [-0.39, 0.29) is 6.04 Å². The van der Waals surface area contributed by atoms with Gasteiger partial charge in [-0.3, -0.25) is 0 Å². The molecule has 1 aromatic carbocycles. The van der Waals surface area contributed by atoms with Crippen LogP contribution in [0.4, 0.5) is 5.69 Å². The van der Waals surface area contributed by atoms with Crippen molar-refractivity contribution in [3.63, 3.8) is 0 Å². The SMILES string of the molecule is N#Cc1ccc(Br)cc1NC1CC1N. The number of nitrogens with zero attached hydrogens (tertiary/aromatic N) is 1. The normalized spacial score (nSPS) is 24.1. The maximum Gasteiger partial charge on any atom is 0.101 e. The van der Waals surface area contributed by atoms with Crippen molar-refractivity contribution in [3.05, 3.63) is 28.2 Å². The largest absolute Gasteiger partial charge is 0.380 e. The second-order valence-electron chi connectivity index (χ2n) is 3.45. The lowest BCUT2D eigenvalue weighted by molar-refractivity contribution is 1.01. The predicted molar refractivity (Wildman–Crippen MR) is 58.9 cm³/mol. The van der Waals surface area contributed by atoms with Crippen molar-refractivity contribution in [3.8, 4) is 6.07 Å². The topological polar surface area (TPSA) is 61.8 Å². The van der Waals surface area contributed by atoms with Gasteiger partial charge in [0.05, 0.1) is 11.3 Å². The number of hydrogen-bond acceptors (Lipinski definition) is 3. The maximum absolute atomic E-state index is 8.87. The van der Waals surface area contributed by atoms with Crippen LogP contribution in [0.2, 0.25) is 0 Å². The summed E-state index contributed by atoms with van der Waals surface area (Å²) in [6.07, 6.45) is 0.984. The Labute approximate surface area is 91.0 Å². The first-order valence-corrected chi connectivity index (χ1v) is 5.22. The average molecular weight is 252 g/mol. The average Bonchev–Trinajstić information content (AvgIpc) is 2.82. The lowest BCUT2D eigenvalue weighted by Gasteiger charge is -2.07. The number of benzene rings is 1. The number of halogens is 1. The summed E-state index contributed by atoms with van der Waals surface area (Å²) in [4.78, 5) is 0. The molecule has 0 spiro atoms. The van der Waals surface area contributed by atoms with Crippen molar-refractivity contribution in [1.82, 2.24) is 0 Å². The Morgan fingerprint density at radius 1 is 1.57 bits per heavy atom. The fourth-order valence-corrected chi connectivity index (χ4v) is 1.67. The molecule has 3 nitrogen and oxygen atoms in total. The molecular weight excluding hydrogens is 242 g/mol. The van der Waals surface area contributed by atoms with Crippen LogP contribution in [-0.2, 0) is 0 Å². The number of hydrogen-bond donors (Lipinski definition) is 2. The molecule has 2 unspecified atom stereocenters. The monoisotopic (exact) mass is 251 g/mol. The van der Waals surface area contributed by atoms with Crippen molar-refractivity contribution in [2.45, 2.75) is 18.5 Å². The highest BCUT2D eigenvalue weighted by molar-refractivity contribution is 9.10. The fraction of sp³-hybridized carbons (Fsp3) is 0.300. The van der Waals surface area contributed by atoms with Gasteiger partial charge in [-0.15, -0.1) is 0 Å². The van der Waals surface area contributed by atoms with Gasteiger partial charge in [-0.1, -0.05) is 15.9 Å². The van der Waals surface area contributed by atoms with Crippen LogP contribution in [0.3, 0.4) is 0 Å². The summed E-state index contributed by atoms with van der Waals surface area (Å²) in [7, 11) is 0. The first-order chi connectivity index (χ1) is 6.70. The summed E-state index contributed by atoms with van der Waals surface area (Å²) in [6.45, 7) is 0. The van der Waals surface area contributed by atoms with Crippen molar-refractivity contribution < 1.29 is 0 Å². The van der Waals surface area contributed by atoms with E-state index in [1.165, 1.54) is 0 Å². The van der Waals surface area contributed by atoms with E-state index in [0.29, 0.717) is 11.6 Å². The second-order valence-corrected chi connectivity index (χ2v) is 4.37. The Morgan fingerprint density at radius 3 is 2.86 bits per heavy atom. The molecule has 4 heteroatoms. The number of anilines is 1. The molecule has 1 aromatic rings. The van der Waals surface area contributed by atoms with Crippen LogP contribution in [0.15, 0.2) is 22.7 Å². The molecule has 0 amide bonds. The van der Waals surface area contributed by atoms with Gasteiger partial charge >= 0.3 is 0 Å². The molecule has 0 aliphatic heterocycles. The molecule has 0 radical (unpaired) electrons. The zero-order chi connectivity index (χ0) is 10.1. The summed E-state index contributed by atoms with van der Waals surface area (Å²) in [5.74, 6) is 0. The predicted octanol–water partition coefficient (Wildman–Crippen LogP) is 1.83. The van der Waals surface area contributed by atoms with Crippen molar-refractivity contribution >= 4 is 21.6 Å². The Bertz CT molecular complexity index is 397. The lowest BCUT2D eigenvalue weighted by atomic mass is 10.2. The van der Waals surface area contributed by atoms with Gasteiger partial charge in [-0.2, -0.15) is 5.26 Å². The molecule has 14 heavy (non-hydrogen) atoms. The highest BCUT2D eigenvalue weighted by Gasteiger charge is 2.33. The summed E-state index contributed by atoms with van der Waals surface area (Å²) >= 11 is 3.37. The molecule has 3 N–H and O–H groups in total. The molecule has 1 aliphatic carbocycles. The summed E-state index contributed by atoms with van der Waals surface area (Å²) in [5.41, 5.74) is 7.21. The van der Waals surface area contributed by atoms with Crippen LogP contribution in [0, 0.1) is 11.3 Å². The first-order valence-electron chi connectivity index (χ1n) is 4.42. The number of rotatable bonds is 2. The van der Waals surface area contributed by atoms with Crippen LogP contribution in [0.25, 0.3) is 0 Å². The quantitative estimate of drug-likeness (QED) is 0.844. The second kappa shape index (κ2) is 3.60. The standard InChI is InChI=1S/C10H10BrN3/c11-7-2-1-6(5-12)9(3-7)14-10-4-8(10)13/h1-3,8,10,14H,4,13H2. The molecule has 0 aromatic heterocycles. The molecule has 72 valence electrons. The molecular formula is C10H10BrN3. The molecule has 0 heterocycles. The van der Waals surface area contributed by atoms with Gasteiger partial charge in [0.1, 0.15) is 6.07 Å². The number of nitriles is 1. The zero-order valence-corrected chi connectivity index (χ0v) is 9.08. The van der Waals surface area contributed by atoms with Gasteiger partial charge < -0.3 is 11.1 Å². The molecule has 2 atom stereocenters. The van der Waals surface area contributed by atoms with Crippen LogP contribution in [0.1, 0.15) is 12.0 Å². The molecule has 1 saturated carbocycles. The fourth-order valence-electron chi connectivity index (χ4n) is 1.31. The van der Waals surface area contributed by atoms with E-state index in [0.717, 1.165) is 16.6 Å². The van der Waals surface area contributed by atoms with Crippen molar-refractivity contribution in [2.24, 2.45) is 5.73 Å². The van der Waals surface area contributed by atoms with Crippen LogP contribution in [0.5, 0.6) is 0 Å². The zero-order valence-electron chi connectivity index (χ0n) is 7.50. The van der Waals surface area contributed by atoms with Crippen molar-refractivity contribution in [2.75, 3.05) is 5.32 Å². The Kier molecular flexibility index (Phi) is 2.44. The summed E-state index contributed by atoms with van der Waals surface area (Å²) in [5, 5.41) is 12.1. The smallest absolute Gasteiger partial charge is 0.101 e. The summed E-state index contributed by atoms with van der Waals surface area (Å²) < 4.78 is 0.966. The molecule has 1 aliphatic rings. The van der Waals surface area contributed by atoms with E-state index in [9.17, 15) is 0 Å². The van der Waals surface area contributed by atoms with Gasteiger partial charge in [0, 0.05) is 16.6 Å². The molecule has 1 fully saturated rings. The minimum absolute atomic E-state index is 0.237. The third-order valence-corrected chi connectivity index (χ3v) is 2.78. The number of nitrogens with two attached hydrogens (primary N) is 1. The van der Waals surface area contributed by atoms with Gasteiger partial charge in [0.25, 0.3) is 0 Å². The molecule has 0 saturated heterocycles. The minimum atomic E-state index is 0.237. The van der Waals surface area contributed by atoms with Crippen LogP contribution < -0.4 is 11.1 Å². The van der Waals surface area contributed by atoms with Crippen LogP contribution in [-0.4, -0.2) is 12.1 Å². The first kappa shape index (κ1) is 9.50. The van der Waals surface area contributed by atoms with Gasteiger partial charge in [0.15, 0.2) is 0 Å². The third kappa shape index (κ3) is 1.89. The Morgan fingerprint density at radius 2 is 2.29 bits per heavy atom. The Balaban J connectivity index is 2.22. The molecule has 0 bridgehead atoms. The molecule has 2 rings (SSSR count). The summed E-state index contributed by atoms with van der Waals surface area (Å²) in [6, 6.07) is 8.27. The van der Waals surface area contributed by atoms with Crippen molar-refractivity contribution in [1.29, 1.82) is 5.26 Å². The van der Waals surface area contributed by atoms with E-state index in [1.54, 1.807) is 6.07 Å². The minimum Gasteiger partial charge on any atom is -0.380 e.